The monoisotopic (exact) mass is 301 g/mol. The maximum atomic E-state index is 10.3. The summed E-state index contributed by atoms with van der Waals surface area (Å²) in [6, 6.07) is 9.73. The van der Waals surface area contributed by atoms with Crippen molar-refractivity contribution < 1.29 is 14.6 Å². The molecule has 2 aromatic rings. The Morgan fingerprint density at radius 3 is 2.55 bits per heavy atom. The Balaban J connectivity index is 1.87. The molecule has 4 nitrogen and oxygen atoms in total. The minimum atomic E-state index is 0.356. The summed E-state index contributed by atoms with van der Waals surface area (Å²) in [6.45, 7) is 2.75. The lowest BCUT2D eigenvalue weighted by molar-refractivity contribution is 0.0388. The largest absolute Gasteiger partial charge is 0.508 e. The number of phenols is 1. The highest BCUT2D eigenvalue weighted by molar-refractivity contribution is 5.88. The van der Waals surface area contributed by atoms with Crippen LogP contribution in [0.15, 0.2) is 30.3 Å². The Hall–Kier alpha value is -1.78. The third-order valence-corrected chi connectivity index (χ3v) is 4.57. The molecule has 22 heavy (non-hydrogen) atoms. The molecule has 0 spiro atoms. The van der Waals surface area contributed by atoms with Gasteiger partial charge in [-0.2, -0.15) is 0 Å². The van der Waals surface area contributed by atoms with Gasteiger partial charge < -0.3 is 14.6 Å². The molecule has 0 radical (unpaired) electrons. The van der Waals surface area contributed by atoms with Gasteiger partial charge in [-0.05, 0) is 41.8 Å². The van der Waals surface area contributed by atoms with E-state index in [-0.39, 0.29) is 0 Å². The molecule has 0 aliphatic carbocycles. The minimum Gasteiger partial charge on any atom is -0.508 e. The highest BCUT2D eigenvalue weighted by atomic mass is 16.5. The maximum absolute atomic E-state index is 10.3. The van der Waals surface area contributed by atoms with Crippen molar-refractivity contribution in [1.29, 1.82) is 0 Å². The van der Waals surface area contributed by atoms with E-state index in [9.17, 15) is 5.11 Å². The zero-order valence-electron chi connectivity index (χ0n) is 13.2. The van der Waals surface area contributed by atoms with Crippen LogP contribution in [0.5, 0.6) is 11.5 Å². The number of hydrogen-bond donors (Lipinski definition) is 1. The van der Waals surface area contributed by atoms with E-state index < -0.39 is 0 Å². The van der Waals surface area contributed by atoms with Crippen LogP contribution in [0.3, 0.4) is 0 Å². The number of likely N-dealkylation sites (tertiary alicyclic amines) is 1. The zero-order valence-corrected chi connectivity index (χ0v) is 13.2. The van der Waals surface area contributed by atoms with E-state index in [1.807, 2.05) is 24.3 Å². The minimum absolute atomic E-state index is 0.356. The predicted molar refractivity (Wildman–Crippen MR) is 87.5 cm³/mol. The van der Waals surface area contributed by atoms with Crippen molar-refractivity contribution in [2.24, 2.45) is 0 Å². The van der Waals surface area contributed by atoms with Gasteiger partial charge in [-0.15, -0.1) is 0 Å². The summed E-state index contributed by atoms with van der Waals surface area (Å²) < 4.78 is 10.7. The van der Waals surface area contributed by atoms with Crippen molar-refractivity contribution in [3.05, 3.63) is 35.9 Å². The Morgan fingerprint density at radius 2 is 1.86 bits per heavy atom. The van der Waals surface area contributed by atoms with E-state index in [1.54, 1.807) is 20.3 Å². The van der Waals surface area contributed by atoms with Crippen LogP contribution in [0, 0.1) is 0 Å². The van der Waals surface area contributed by atoms with Crippen LogP contribution in [0.1, 0.15) is 18.4 Å². The number of fused-ring (bicyclic) bond motifs is 1. The summed E-state index contributed by atoms with van der Waals surface area (Å²) in [7, 11) is 3.45. The third kappa shape index (κ3) is 3.03. The SMILES string of the molecule is COc1ccc2ccc(O)c(CN3CCC(OC)CC3)c2c1. The second-order valence-electron chi connectivity index (χ2n) is 5.86. The molecule has 0 saturated carbocycles. The molecular formula is C18H23NO3. The number of hydrogen-bond acceptors (Lipinski definition) is 4. The lowest BCUT2D eigenvalue weighted by atomic mass is 10.0. The predicted octanol–water partition coefficient (Wildman–Crippen LogP) is 3.16. The van der Waals surface area contributed by atoms with Gasteiger partial charge in [0.1, 0.15) is 11.5 Å². The number of ether oxygens (including phenoxy) is 2. The molecule has 1 aliphatic heterocycles. The van der Waals surface area contributed by atoms with Crippen molar-refractivity contribution in [2.75, 3.05) is 27.3 Å². The van der Waals surface area contributed by atoms with E-state index in [4.69, 9.17) is 9.47 Å². The van der Waals surface area contributed by atoms with Crippen LogP contribution in [0.25, 0.3) is 10.8 Å². The van der Waals surface area contributed by atoms with E-state index in [0.29, 0.717) is 11.9 Å². The van der Waals surface area contributed by atoms with Gasteiger partial charge in [-0.25, -0.2) is 0 Å². The van der Waals surface area contributed by atoms with Crippen LogP contribution in [0.2, 0.25) is 0 Å². The third-order valence-electron chi connectivity index (χ3n) is 4.57. The molecule has 0 aromatic heterocycles. The van der Waals surface area contributed by atoms with Crippen molar-refractivity contribution in [3.63, 3.8) is 0 Å². The smallest absolute Gasteiger partial charge is 0.120 e. The molecule has 1 saturated heterocycles. The quantitative estimate of drug-likeness (QED) is 0.942. The van der Waals surface area contributed by atoms with Gasteiger partial charge in [0.2, 0.25) is 0 Å². The summed E-state index contributed by atoms with van der Waals surface area (Å²) in [4.78, 5) is 2.38. The molecule has 1 heterocycles. The van der Waals surface area contributed by atoms with E-state index in [2.05, 4.69) is 4.90 Å². The zero-order chi connectivity index (χ0) is 15.5. The first-order valence-electron chi connectivity index (χ1n) is 7.75. The van der Waals surface area contributed by atoms with Gasteiger partial charge in [0.15, 0.2) is 0 Å². The number of aromatic hydroxyl groups is 1. The second-order valence-corrected chi connectivity index (χ2v) is 5.86. The summed E-state index contributed by atoms with van der Waals surface area (Å²) in [5, 5.41) is 12.5. The van der Waals surface area contributed by atoms with Crippen LogP contribution >= 0.6 is 0 Å². The first kappa shape index (κ1) is 15.1. The van der Waals surface area contributed by atoms with Crippen molar-refractivity contribution in [2.45, 2.75) is 25.5 Å². The molecule has 2 aromatic carbocycles. The summed E-state index contributed by atoms with van der Waals surface area (Å²) >= 11 is 0. The summed E-state index contributed by atoms with van der Waals surface area (Å²) in [5.41, 5.74) is 0.979. The number of phenolic OH excluding ortho intramolecular Hbond substituents is 1. The van der Waals surface area contributed by atoms with E-state index in [1.165, 1.54) is 0 Å². The fourth-order valence-corrected chi connectivity index (χ4v) is 3.17. The van der Waals surface area contributed by atoms with Crippen molar-refractivity contribution in [3.8, 4) is 11.5 Å². The van der Waals surface area contributed by atoms with E-state index in [0.717, 1.165) is 54.6 Å². The normalized spacial score (nSPS) is 17.0. The Labute approximate surface area is 131 Å². The average Bonchev–Trinajstić information content (AvgIpc) is 2.57. The number of benzene rings is 2. The molecule has 0 atom stereocenters. The number of piperidine rings is 1. The number of nitrogens with zero attached hydrogens (tertiary/aromatic N) is 1. The highest BCUT2D eigenvalue weighted by Crippen LogP contribution is 2.31. The lowest BCUT2D eigenvalue weighted by Gasteiger charge is -2.31. The Morgan fingerprint density at radius 1 is 1.14 bits per heavy atom. The number of methoxy groups -OCH3 is 2. The highest BCUT2D eigenvalue weighted by Gasteiger charge is 2.20. The van der Waals surface area contributed by atoms with Gasteiger partial charge in [-0.3, -0.25) is 4.90 Å². The van der Waals surface area contributed by atoms with Crippen LogP contribution < -0.4 is 4.74 Å². The Kier molecular flexibility index (Phi) is 4.50. The average molecular weight is 301 g/mol. The van der Waals surface area contributed by atoms with E-state index >= 15 is 0 Å². The first-order chi connectivity index (χ1) is 10.7. The molecule has 1 N–H and O–H groups in total. The second kappa shape index (κ2) is 6.55. The first-order valence-corrected chi connectivity index (χ1v) is 7.75. The fraction of sp³-hybridized carbons (Fsp3) is 0.444. The standard InChI is InChI=1S/C18H23NO3/c1-21-14-7-9-19(10-8-14)12-17-16-11-15(22-2)5-3-13(16)4-6-18(17)20/h3-6,11,14,20H,7-10,12H2,1-2H3. The van der Waals surface area contributed by atoms with Gasteiger partial charge in [0, 0.05) is 32.3 Å². The van der Waals surface area contributed by atoms with Crippen molar-refractivity contribution >= 4 is 10.8 Å². The molecule has 1 aliphatic rings. The summed E-state index contributed by atoms with van der Waals surface area (Å²) in [5.74, 6) is 1.17. The number of rotatable bonds is 4. The molecule has 0 bridgehead atoms. The molecule has 3 rings (SSSR count). The molecule has 4 heteroatoms. The molecule has 0 amide bonds. The van der Waals surface area contributed by atoms with Gasteiger partial charge >= 0.3 is 0 Å². The molecular weight excluding hydrogens is 278 g/mol. The van der Waals surface area contributed by atoms with Gasteiger partial charge in [0.25, 0.3) is 0 Å². The summed E-state index contributed by atoms with van der Waals surface area (Å²) in [6.07, 6.45) is 2.47. The lowest BCUT2D eigenvalue weighted by Crippen LogP contribution is -2.36. The molecule has 1 fully saturated rings. The fourth-order valence-electron chi connectivity index (χ4n) is 3.17. The van der Waals surface area contributed by atoms with Gasteiger partial charge in [-0.1, -0.05) is 12.1 Å². The topological polar surface area (TPSA) is 41.9 Å². The van der Waals surface area contributed by atoms with Crippen LogP contribution in [0.4, 0.5) is 0 Å². The van der Waals surface area contributed by atoms with Crippen LogP contribution in [-0.4, -0.2) is 43.4 Å². The Bertz CT molecular complexity index is 648. The van der Waals surface area contributed by atoms with Crippen molar-refractivity contribution in [1.82, 2.24) is 4.90 Å². The van der Waals surface area contributed by atoms with Crippen LogP contribution in [-0.2, 0) is 11.3 Å². The van der Waals surface area contributed by atoms with Gasteiger partial charge in [0.05, 0.1) is 13.2 Å². The molecule has 118 valence electrons. The molecule has 0 unspecified atom stereocenters. The maximum Gasteiger partial charge on any atom is 0.120 e.